The predicted molar refractivity (Wildman–Crippen MR) is 84.4 cm³/mol. The summed E-state index contributed by atoms with van der Waals surface area (Å²) in [6, 6.07) is 0. The fourth-order valence-electron chi connectivity index (χ4n) is 2.35. The van der Waals surface area contributed by atoms with Crippen molar-refractivity contribution < 1.29 is 4.74 Å². The molecule has 0 unspecified atom stereocenters. The highest BCUT2D eigenvalue weighted by Gasteiger charge is 2.36. The van der Waals surface area contributed by atoms with Crippen LogP contribution in [0.2, 0.25) is 0 Å². The van der Waals surface area contributed by atoms with Gasteiger partial charge in [-0.15, -0.1) is 0 Å². The molecule has 0 aromatic rings. The molecule has 0 aliphatic carbocycles. The fraction of sp³-hybridized carbons (Fsp3) is 0.667. The molecule has 0 aromatic heterocycles. The predicted octanol–water partition coefficient (Wildman–Crippen LogP) is 5.58. The van der Waals surface area contributed by atoms with Gasteiger partial charge in [0.15, 0.2) is 0 Å². The van der Waals surface area contributed by atoms with Gasteiger partial charge >= 0.3 is 0 Å². The Morgan fingerprint density at radius 1 is 0.947 bits per heavy atom. The number of ether oxygens (including phenoxy) is 1. The number of hydrogen-bond donors (Lipinski definition) is 0. The average Bonchev–Trinajstić information content (AvgIpc) is 3.16. The van der Waals surface area contributed by atoms with Crippen LogP contribution in [0.5, 0.6) is 0 Å². The summed E-state index contributed by atoms with van der Waals surface area (Å²) in [6.45, 7) is 5.91. The van der Waals surface area contributed by atoms with Crippen LogP contribution in [0, 0.1) is 0 Å². The fourth-order valence-corrected chi connectivity index (χ4v) is 2.35. The molecule has 19 heavy (non-hydrogen) atoms. The second-order valence-electron chi connectivity index (χ2n) is 5.38. The quantitative estimate of drug-likeness (QED) is 0.193. The summed E-state index contributed by atoms with van der Waals surface area (Å²) in [6.07, 6.45) is 23.1. The lowest BCUT2D eigenvalue weighted by molar-refractivity contribution is 0.358. The molecular formula is C18H30O. The van der Waals surface area contributed by atoms with Crippen molar-refractivity contribution in [3.05, 3.63) is 37.0 Å². The van der Waals surface area contributed by atoms with Crippen molar-refractivity contribution in [1.82, 2.24) is 0 Å². The second kappa shape index (κ2) is 11.0. The maximum Gasteiger partial charge on any atom is 0.0876 e. The summed E-state index contributed by atoms with van der Waals surface area (Å²) in [7, 11) is 0. The van der Waals surface area contributed by atoms with E-state index in [1.54, 1.807) is 0 Å². The zero-order chi connectivity index (χ0) is 13.8. The first-order chi connectivity index (χ1) is 9.38. The van der Waals surface area contributed by atoms with E-state index in [2.05, 4.69) is 31.7 Å². The van der Waals surface area contributed by atoms with Crippen LogP contribution in [0.4, 0.5) is 0 Å². The highest BCUT2D eigenvalue weighted by atomic mass is 16.6. The van der Waals surface area contributed by atoms with Gasteiger partial charge in [-0.3, -0.25) is 0 Å². The van der Waals surface area contributed by atoms with Crippen molar-refractivity contribution >= 4 is 0 Å². The van der Waals surface area contributed by atoms with Gasteiger partial charge in [-0.05, 0) is 19.3 Å². The molecule has 1 heterocycles. The lowest BCUT2D eigenvalue weighted by Crippen LogP contribution is -1.92. The van der Waals surface area contributed by atoms with Gasteiger partial charge in [0, 0.05) is 0 Å². The van der Waals surface area contributed by atoms with Gasteiger partial charge in [0.05, 0.1) is 12.2 Å². The van der Waals surface area contributed by atoms with Crippen molar-refractivity contribution in [1.29, 1.82) is 0 Å². The van der Waals surface area contributed by atoms with Gasteiger partial charge < -0.3 is 4.74 Å². The number of hydrogen-bond acceptors (Lipinski definition) is 1. The van der Waals surface area contributed by atoms with Gasteiger partial charge in [0.2, 0.25) is 0 Å². The lowest BCUT2D eigenvalue weighted by Gasteiger charge is -1.98. The second-order valence-corrected chi connectivity index (χ2v) is 5.38. The van der Waals surface area contributed by atoms with Crippen molar-refractivity contribution in [3.8, 4) is 0 Å². The Balaban J connectivity index is 1.88. The molecule has 1 nitrogen and oxygen atoms in total. The zero-order valence-corrected chi connectivity index (χ0v) is 12.5. The number of allylic oxidation sites excluding steroid dienone is 4. The SMILES string of the molecule is C=C/C=C\C/C=C\C[C@@H]1O[C@@H]1CCCCCCCC. The Morgan fingerprint density at radius 2 is 1.74 bits per heavy atom. The molecule has 1 aliphatic heterocycles. The number of unbranched alkanes of at least 4 members (excludes halogenated alkanes) is 5. The van der Waals surface area contributed by atoms with E-state index < -0.39 is 0 Å². The molecule has 0 aromatic carbocycles. The first-order valence-electron chi connectivity index (χ1n) is 7.96. The Kier molecular flexibility index (Phi) is 9.44. The van der Waals surface area contributed by atoms with E-state index in [9.17, 15) is 0 Å². The van der Waals surface area contributed by atoms with E-state index in [1.165, 1.54) is 44.9 Å². The molecule has 0 N–H and O–H groups in total. The van der Waals surface area contributed by atoms with Crippen LogP contribution in [0.3, 0.4) is 0 Å². The molecule has 0 amide bonds. The number of epoxide rings is 1. The van der Waals surface area contributed by atoms with Gasteiger partial charge in [-0.2, -0.15) is 0 Å². The van der Waals surface area contributed by atoms with Crippen LogP contribution in [0.1, 0.15) is 64.7 Å². The molecule has 1 aliphatic rings. The van der Waals surface area contributed by atoms with E-state index in [4.69, 9.17) is 4.74 Å². The molecule has 0 saturated carbocycles. The largest absolute Gasteiger partial charge is 0.369 e. The van der Waals surface area contributed by atoms with Crippen molar-refractivity contribution in [2.45, 2.75) is 76.9 Å². The summed E-state index contributed by atoms with van der Waals surface area (Å²) in [5.74, 6) is 0. The summed E-state index contributed by atoms with van der Waals surface area (Å²) < 4.78 is 5.69. The smallest absolute Gasteiger partial charge is 0.0876 e. The van der Waals surface area contributed by atoms with Crippen LogP contribution in [-0.4, -0.2) is 12.2 Å². The molecule has 1 heteroatoms. The monoisotopic (exact) mass is 262 g/mol. The van der Waals surface area contributed by atoms with E-state index >= 15 is 0 Å². The standard InChI is InChI=1S/C18H30O/c1-3-5-7-9-11-13-15-17-18(19-17)16-14-12-10-8-6-4-2/h3,5,7,11,13,17-18H,1,4,6,8-10,12,14-16H2,2H3/b7-5-,13-11-/t17-,18+/m0/s1. The van der Waals surface area contributed by atoms with E-state index in [-0.39, 0.29) is 0 Å². The summed E-state index contributed by atoms with van der Waals surface area (Å²) in [5.41, 5.74) is 0. The molecule has 0 spiro atoms. The summed E-state index contributed by atoms with van der Waals surface area (Å²) in [5, 5.41) is 0. The minimum Gasteiger partial charge on any atom is -0.369 e. The molecular weight excluding hydrogens is 232 g/mol. The third kappa shape index (κ3) is 8.83. The van der Waals surface area contributed by atoms with Gasteiger partial charge in [0.1, 0.15) is 0 Å². The highest BCUT2D eigenvalue weighted by molar-refractivity contribution is 5.02. The molecule has 1 rings (SSSR count). The van der Waals surface area contributed by atoms with Gasteiger partial charge in [-0.1, -0.05) is 82.4 Å². The Bertz CT molecular complexity index is 277. The molecule has 1 saturated heterocycles. The molecule has 108 valence electrons. The first kappa shape index (κ1) is 16.2. The third-order valence-corrected chi connectivity index (χ3v) is 3.61. The molecule has 0 bridgehead atoms. The minimum absolute atomic E-state index is 0.510. The molecule has 0 radical (unpaired) electrons. The lowest BCUT2D eigenvalue weighted by atomic mass is 10.1. The minimum atomic E-state index is 0.510. The van der Waals surface area contributed by atoms with Gasteiger partial charge in [-0.25, -0.2) is 0 Å². The molecule has 1 fully saturated rings. The van der Waals surface area contributed by atoms with E-state index in [0.29, 0.717) is 12.2 Å². The van der Waals surface area contributed by atoms with Gasteiger partial charge in [0.25, 0.3) is 0 Å². The Morgan fingerprint density at radius 3 is 2.53 bits per heavy atom. The topological polar surface area (TPSA) is 12.5 Å². The third-order valence-electron chi connectivity index (χ3n) is 3.61. The van der Waals surface area contributed by atoms with Crippen LogP contribution in [0.25, 0.3) is 0 Å². The first-order valence-corrected chi connectivity index (χ1v) is 7.96. The Labute approximate surface area is 119 Å². The van der Waals surface area contributed by atoms with E-state index in [0.717, 1.165) is 12.8 Å². The van der Waals surface area contributed by atoms with Crippen molar-refractivity contribution in [3.63, 3.8) is 0 Å². The zero-order valence-electron chi connectivity index (χ0n) is 12.5. The van der Waals surface area contributed by atoms with Crippen LogP contribution < -0.4 is 0 Å². The maximum absolute atomic E-state index is 5.69. The average molecular weight is 262 g/mol. The highest BCUT2D eigenvalue weighted by Crippen LogP contribution is 2.30. The van der Waals surface area contributed by atoms with Crippen LogP contribution >= 0.6 is 0 Å². The van der Waals surface area contributed by atoms with Crippen LogP contribution in [-0.2, 0) is 4.74 Å². The Hall–Kier alpha value is -0.820. The normalized spacial score (nSPS) is 22.4. The van der Waals surface area contributed by atoms with E-state index in [1.807, 2.05) is 12.2 Å². The summed E-state index contributed by atoms with van der Waals surface area (Å²) in [4.78, 5) is 0. The summed E-state index contributed by atoms with van der Waals surface area (Å²) >= 11 is 0. The number of rotatable bonds is 12. The van der Waals surface area contributed by atoms with Crippen molar-refractivity contribution in [2.75, 3.05) is 0 Å². The molecule has 2 atom stereocenters. The maximum atomic E-state index is 5.69. The van der Waals surface area contributed by atoms with Crippen molar-refractivity contribution in [2.24, 2.45) is 0 Å². The van der Waals surface area contributed by atoms with Crippen LogP contribution in [0.15, 0.2) is 37.0 Å².